The highest BCUT2D eigenvalue weighted by atomic mass is 16.6. The number of nitrogens with one attached hydrogen (secondary N) is 1. The van der Waals surface area contributed by atoms with Crippen LogP contribution in [-0.2, 0) is 0 Å². The van der Waals surface area contributed by atoms with Crippen molar-refractivity contribution in [2.75, 3.05) is 25.0 Å². The quantitative estimate of drug-likeness (QED) is 0.630. The average molecular weight is 236 g/mol. The van der Waals surface area contributed by atoms with Crippen LogP contribution in [0.4, 0.5) is 11.5 Å². The molecule has 0 amide bonds. The van der Waals surface area contributed by atoms with Gasteiger partial charge < -0.3 is 20.3 Å². The Morgan fingerprint density at radius 1 is 1.59 bits per heavy atom. The summed E-state index contributed by atoms with van der Waals surface area (Å²) in [5.41, 5.74) is 0.921. The lowest BCUT2D eigenvalue weighted by atomic mass is 10.1. The van der Waals surface area contributed by atoms with E-state index in [0.29, 0.717) is 6.04 Å². The van der Waals surface area contributed by atoms with E-state index in [-0.39, 0.29) is 5.82 Å². The number of anilines is 1. The van der Waals surface area contributed by atoms with Crippen molar-refractivity contribution in [3.05, 3.63) is 28.4 Å². The Morgan fingerprint density at radius 2 is 2.41 bits per heavy atom. The topological polar surface area (TPSA) is 71.3 Å². The van der Waals surface area contributed by atoms with E-state index in [9.17, 15) is 10.1 Å². The first kappa shape index (κ1) is 11.8. The summed E-state index contributed by atoms with van der Waals surface area (Å²) in [7, 11) is 2.00. The molecule has 6 nitrogen and oxygen atoms in total. The fraction of sp³-hybridized carbons (Fsp3) is 0.545. The van der Waals surface area contributed by atoms with Crippen molar-refractivity contribution in [2.24, 2.45) is 0 Å². The van der Waals surface area contributed by atoms with Gasteiger partial charge in [-0.15, -0.1) is 0 Å². The molecule has 0 bridgehead atoms. The molecule has 0 saturated carbocycles. The largest absolute Gasteiger partial charge is 0.367 e. The van der Waals surface area contributed by atoms with E-state index in [1.807, 2.05) is 7.05 Å². The third-order valence-electron chi connectivity index (χ3n) is 3.15. The van der Waals surface area contributed by atoms with Crippen LogP contribution in [0.2, 0.25) is 0 Å². The molecule has 1 atom stereocenters. The third kappa shape index (κ3) is 2.71. The summed E-state index contributed by atoms with van der Waals surface area (Å²) >= 11 is 0. The van der Waals surface area contributed by atoms with Crippen LogP contribution in [-0.4, -0.2) is 36.1 Å². The zero-order valence-corrected chi connectivity index (χ0v) is 9.80. The van der Waals surface area contributed by atoms with Gasteiger partial charge in [-0.2, -0.15) is 0 Å². The summed E-state index contributed by atoms with van der Waals surface area (Å²) in [6.07, 6.45) is 3.86. The van der Waals surface area contributed by atoms with Gasteiger partial charge in [0.15, 0.2) is 6.20 Å². The van der Waals surface area contributed by atoms with Crippen molar-refractivity contribution in [1.29, 1.82) is 0 Å². The fourth-order valence-electron chi connectivity index (χ4n) is 2.07. The van der Waals surface area contributed by atoms with Crippen LogP contribution < -0.4 is 10.2 Å². The second kappa shape index (κ2) is 5.09. The zero-order valence-electron chi connectivity index (χ0n) is 9.80. The number of hydrogen-bond acceptors (Lipinski definition) is 5. The third-order valence-corrected chi connectivity index (χ3v) is 3.15. The van der Waals surface area contributed by atoms with Crippen molar-refractivity contribution in [3.8, 4) is 0 Å². The van der Waals surface area contributed by atoms with E-state index < -0.39 is 4.92 Å². The molecule has 1 unspecified atom stereocenters. The molecule has 17 heavy (non-hydrogen) atoms. The molecular formula is C11H16N4O2. The Kier molecular flexibility index (Phi) is 3.53. The van der Waals surface area contributed by atoms with Crippen LogP contribution in [0, 0.1) is 10.1 Å². The lowest BCUT2D eigenvalue weighted by molar-refractivity contribution is -0.389. The predicted molar refractivity (Wildman–Crippen MR) is 65.2 cm³/mol. The molecule has 1 aliphatic heterocycles. The van der Waals surface area contributed by atoms with E-state index in [0.717, 1.165) is 31.6 Å². The molecule has 1 fully saturated rings. The highest BCUT2D eigenvalue weighted by molar-refractivity contribution is 5.46. The SMILES string of the molecule is CN(c1ccc([N+](=O)[O-])nc1)C1CCCNC1. The van der Waals surface area contributed by atoms with Gasteiger partial charge in [-0.3, -0.25) is 0 Å². The summed E-state index contributed by atoms with van der Waals surface area (Å²) in [5, 5.41) is 13.8. The summed E-state index contributed by atoms with van der Waals surface area (Å²) in [4.78, 5) is 16.0. The molecule has 1 aromatic heterocycles. The number of piperidine rings is 1. The monoisotopic (exact) mass is 236 g/mol. The minimum Gasteiger partial charge on any atom is -0.367 e. The molecule has 2 heterocycles. The average Bonchev–Trinajstić information content (AvgIpc) is 2.39. The highest BCUT2D eigenvalue weighted by Gasteiger charge is 2.19. The predicted octanol–water partition coefficient (Wildman–Crippen LogP) is 1.18. The normalized spacial score (nSPS) is 19.9. The molecule has 1 saturated heterocycles. The zero-order chi connectivity index (χ0) is 12.3. The second-order valence-electron chi connectivity index (χ2n) is 4.24. The molecule has 0 aliphatic carbocycles. The Labute approximate surface area is 99.8 Å². The van der Waals surface area contributed by atoms with Crippen molar-refractivity contribution in [2.45, 2.75) is 18.9 Å². The molecular weight excluding hydrogens is 220 g/mol. The molecule has 0 aromatic carbocycles. The van der Waals surface area contributed by atoms with E-state index in [1.165, 1.54) is 6.07 Å². The summed E-state index contributed by atoms with van der Waals surface area (Å²) in [6, 6.07) is 3.63. The van der Waals surface area contributed by atoms with E-state index in [1.54, 1.807) is 12.3 Å². The second-order valence-corrected chi connectivity index (χ2v) is 4.24. The first-order valence-corrected chi connectivity index (χ1v) is 5.72. The summed E-state index contributed by atoms with van der Waals surface area (Å²) in [5.74, 6) is -0.107. The Balaban J connectivity index is 2.07. The minimum absolute atomic E-state index is 0.107. The number of pyridine rings is 1. The van der Waals surface area contributed by atoms with Gasteiger partial charge in [0.1, 0.15) is 0 Å². The molecule has 1 aliphatic rings. The number of nitrogens with zero attached hydrogens (tertiary/aromatic N) is 3. The van der Waals surface area contributed by atoms with Crippen molar-refractivity contribution in [3.63, 3.8) is 0 Å². The van der Waals surface area contributed by atoms with Gasteiger partial charge in [-0.1, -0.05) is 0 Å². The van der Waals surface area contributed by atoms with Gasteiger partial charge >= 0.3 is 5.82 Å². The molecule has 1 N–H and O–H groups in total. The Bertz CT molecular complexity index is 387. The van der Waals surface area contributed by atoms with E-state index in [4.69, 9.17) is 0 Å². The van der Waals surface area contributed by atoms with E-state index >= 15 is 0 Å². The Hall–Kier alpha value is -1.69. The smallest absolute Gasteiger partial charge is 0.363 e. The first-order chi connectivity index (χ1) is 8.18. The number of aromatic nitrogens is 1. The lowest BCUT2D eigenvalue weighted by Gasteiger charge is -2.32. The van der Waals surface area contributed by atoms with Crippen molar-refractivity contribution < 1.29 is 4.92 Å². The number of rotatable bonds is 3. The van der Waals surface area contributed by atoms with Crippen LogP contribution in [0.15, 0.2) is 18.3 Å². The highest BCUT2D eigenvalue weighted by Crippen LogP contribution is 2.19. The van der Waals surface area contributed by atoms with Gasteiger partial charge in [0.25, 0.3) is 0 Å². The van der Waals surface area contributed by atoms with Gasteiger partial charge in [0, 0.05) is 25.7 Å². The molecule has 92 valence electrons. The van der Waals surface area contributed by atoms with Crippen LogP contribution in [0.3, 0.4) is 0 Å². The summed E-state index contributed by atoms with van der Waals surface area (Å²) in [6.45, 7) is 2.02. The number of hydrogen-bond donors (Lipinski definition) is 1. The summed E-state index contributed by atoms with van der Waals surface area (Å²) < 4.78 is 0. The maximum Gasteiger partial charge on any atom is 0.363 e. The van der Waals surface area contributed by atoms with Gasteiger partial charge in [-0.25, -0.2) is 0 Å². The molecule has 0 spiro atoms. The van der Waals surface area contributed by atoms with Crippen LogP contribution in [0.1, 0.15) is 12.8 Å². The number of nitro groups is 1. The van der Waals surface area contributed by atoms with Gasteiger partial charge in [-0.05, 0) is 35.4 Å². The van der Waals surface area contributed by atoms with Crippen LogP contribution in [0.5, 0.6) is 0 Å². The Morgan fingerprint density at radius 3 is 2.94 bits per heavy atom. The van der Waals surface area contributed by atoms with Crippen LogP contribution in [0.25, 0.3) is 0 Å². The van der Waals surface area contributed by atoms with Gasteiger partial charge in [0.2, 0.25) is 0 Å². The molecule has 0 radical (unpaired) electrons. The lowest BCUT2D eigenvalue weighted by Crippen LogP contribution is -2.44. The molecule has 6 heteroatoms. The molecule has 2 rings (SSSR count). The molecule has 1 aromatic rings. The van der Waals surface area contributed by atoms with E-state index in [2.05, 4.69) is 15.2 Å². The first-order valence-electron chi connectivity index (χ1n) is 5.72. The fourth-order valence-corrected chi connectivity index (χ4v) is 2.07. The maximum atomic E-state index is 10.5. The van der Waals surface area contributed by atoms with Crippen molar-refractivity contribution >= 4 is 11.5 Å². The van der Waals surface area contributed by atoms with Crippen molar-refractivity contribution in [1.82, 2.24) is 10.3 Å². The standard InChI is InChI=1S/C11H16N4O2/c1-14(9-3-2-6-12-7-9)10-4-5-11(13-8-10)15(16)17/h4-5,8-9,12H,2-3,6-7H2,1H3. The van der Waals surface area contributed by atoms with Gasteiger partial charge in [0.05, 0.1) is 5.69 Å². The van der Waals surface area contributed by atoms with Crippen LogP contribution >= 0.6 is 0 Å². The number of likely N-dealkylation sites (N-methyl/N-ethyl adjacent to an activating group) is 1. The maximum absolute atomic E-state index is 10.5. The minimum atomic E-state index is -0.480.